The minimum Gasteiger partial charge on any atom is -0.441 e. The molecule has 0 spiro atoms. The summed E-state index contributed by atoms with van der Waals surface area (Å²) in [6.45, 7) is 11.9. The van der Waals surface area contributed by atoms with Crippen LogP contribution < -0.4 is 0 Å². The van der Waals surface area contributed by atoms with E-state index in [-0.39, 0.29) is 14.9 Å². The summed E-state index contributed by atoms with van der Waals surface area (Å²) in [5, 5.41) is 1.14. The van der Waals surface area contributed by atoms with Gasteiger partial charge in [-0.05, 0) is 31.2 Å². The highest BCUT2D eigenvalue weighted by atomic mass is 32.1. The molecule has 3 nitrogen and oxygen atoms in total. The lowest BCUT2D eigenvalue weighted by Gasteiger charge is -1.80. The lowest BCUT2D eigenvalue weighted by molar-refractivity contribution is 0.561. The van der Waals surface area contributed by atoms with Crippen LogP contribution in [0.3, 0.4) is 0 Å². The van der Waals surface area contributed by atoms with Crippen molar-refractivity contribution in [2.24, 2.45) is 0 Å². The Hall–Kier alpha value is -2.20. The van der Waals surface area contributed by atoms with Gasteiger partial charge in [0.15, 0.2) is 11.5 Å². The van der Waals surface area contributed by atoms with Crippen LogP contribution in [-0.2, 0) is 0 Å². The highest BCUT2D eigenvalue weighted by Gasteiger charge is 1.97. The molecule has 0 fully saturated rings. The molecule has 0 aliphatic rings. The maximum Gasteiger partial charge on any atom is 0.192 e. The molecule has 2 aromatic heterocycles. The summed E-state index contributed by atoms with van der Waals surface area (Å²) < 4.78 is 6.53. The van der Waals surface area contributed by atoms with Crippen LogP contribution in [0.25, 0.3) is 21.3 Å². The number of aryl methyl sites for hydroxylation is 2. The molecular weight excluding hydrogens is 340 g/mol. The molecule has 0 aliphatic carbocycles. The number of para-hydroxylation sites is 3. The number of thiazole rings is 1. The van der Waals surface area contributed by atoms with Crippen LogP contribution in [0.2, 0.25) is 0 Å². The number of rotatable bonds is 0. The van der Waals surface area contributed by atoms with Crippen LogP contribution in [0, 0.1) is 13.8 Å². The van der Waals surface area contributed by atoms with E-state index in [1.807, 2.05) is 84.0 Å². The number of oxazole rings is 1. The highest BCUT2D eigenvalue weighted by molar-refractivity contribution is 7.18. The fourth-order valence-corrected chi connectivity index (χ4v) is 2.80. The Balaban J connectivity index is 0. The van der Waals surface area contributed by atoms with Gasteiger partial charge in [-0.3, -0.25) is 0 Å². The van der Waals surface area contributed by atoms with Gasteiger partial charge in [0.25, 0.3) is 0 Å². The Morgan fingerprint density at radius 1 is 0.731 bits per heavy atom. The third-order valence-electron chi connectivity index (χ3n) is 2.80. The van der Waals surface area contributed by atoms with Gasteiger partial charge in [-0.25, -0.2) is 9.97 Å². The van der Waals surface area contributed by atoms with Gasteiger partial charge in [0, 0.05) is 6.92 Å². The first-order valence-electron chi connectivity index (χ1n) is 8.37. The Kier molecular flexibility index (Phi) is 14.0. The topological polar surface area (TPSA) is 38.9 Å². The van der Waals surface area contributed by atoms with Crippen LogP contribution in [-0.4, -0.2) is 9.97 Å². The number of hydrogen-bond acceptors (Lipinski definition) is 4. The maximum atomic E-state index is 5.26. The van der Waals surface area contributed by atoms with Gasteiger partial charge in [-0.2, -0.15) is 0 Å². The monoisotopic (exact) mass is 374 g/mol. The molecular formula is C22H34N2OS. The third-order valence-corrected chi connectivity index (χ3v) is 3.75. The Bertz CT molecular complexity index is 711. The Labute approximate surface area is 163 Å². The van der Waals surface area contributed by atoms with E-state index in [2.05, 4.69) is 16.0 Å². The van der Waals surface area contributed by atoms with E-state index in [9.17, 15) is 0 Å². The van der Waals surface area contributed by atoms with Crippen LogP contribution in [0.4, 0.5) is 0 Å². The lowest BCUT2D eigenvalue weighted by atomic mass is 10.3. The van der Waals surface area contributed by atoms with Crippen molar-refractivity contribution in [2.45, 2.75) is 56.4 Å². The molecule has 0 radical (unpaired) electrons. The molecule has 0 N–H and O–H groups in total. The zero-order valence-electron chi connectivity index (χ0n) is 15.3. The number of hydrogen-bond donors (Lipinski definition) is 0. The van der Waals surface area contributed by atoms with Crippen molar-refractivity contribution >= 4 is 32.7 Å². The van der Waals surface area contributed by atoms with Gasteiger partial charge >= 0.3 is 0 Å². The van der Waals surface area contributed by atoms with Crippen LogP contribution >= 0.6 is 11.3 Å². The largest absolute Gasteiger partial charge is 0.441 e. The fourth-order valence-electron chi connectivity index (χ4n) is 1.97. The molecule has 4 aromatic rings. The predicted molar refractivity (Wildman–Crippen MR) is 119 cm³/mol. The molecule has 0 unspecified atom stereocenters. The molecule has 2 aromatic carbocycles. The average Bonchev–Trinajstić information content (AvgIpc) is 3.19. The summed E-state index contributed by atoms with van der Waals surface area (Å²) in [5.41, 5.74) is 2.91. The molecule has 0 amide bonds. The number of benzene rings is 2. The fraction of sp³-hybridized carbons (Fsp3) is 0.364. The molecule has 4 heteroatoms. The van der Waals surface area contributed by atoms with E-state index in [4.69, 9.17) is 4.42 Å². The van der Waals surface area contributed by atoms with Crippen LogP contribution in [0.15, 0.2) is 52.9 Å². The van der Waals surface area contributed by atoms with Gasteiger partial charge in [-0.15, -0.1) is 11.3 Å². The first-order chi connectivity index (χ1) is 11.7. The van der Waals surface area contributed by atoms with Crippen molar-refractivity contribution in [2.75, 3.05) is 0 Å². The first-order valence-corrected chi connectivity index (χ1v) is 9.18. The summed E-state index contributed by atoms with van der Waals surface area (Å²) in [6.07, 6.45) is 0. The van der Waals surface area contributed by atoms with Crippen molar-refractivity contribution in [3.8, 4) is 0 Å². The van der Waals surface area contributed by atoms with Gasteiger partial charge < -0.3 is 4.42 Å². The molecule has 26 heavy (non-hydrogen) atoms. The second-order valence-electron chi connectivity index (χ2n) is 4.40. The molecule has 144 valence electrons. The van der Waals surface area contributed by atoms with Gasteiger partial charge in [0.1, 0.15) is 5.52 Å². The quantitative estimate of drug-likeness (QED) is 0.312. The highest BCUT2D eigenvalue weighted by Crippen LogP contribution is 2.19. The summed E-state index contributed by atoms with van der Waals surface area (Å²) in [6, 6.07) is 15.9. The number of aromatic nitrogens is 2. The molecule has 4 rings (SSSR count). The molecule has 0 saturated heterocycles. The zero-order chi connectivity index (χ0) is 17.9. The zero-order valence-corrected chi connectivity index (χ0v) is 16.1. The maximum absolute atomic E-state index is 5.26. The summed E-state index contributed by atoms with van der Waals surface area (Å²) in [4.78, 5) is 8.48. The lowest BCUT2D eigenvalue weighted by Crippen LogP contribution is -1.65. The molecule has 0 aliphatic heterocycles. The van der Waals surface area contributed by atoms with E-state index < -0.39 is 0 Å². The second-order valence-corrected chi connectivity index (χ2v) is 5.64. The average molecular weight is 375 g/mol. The summed E-state index contributed by atoms with van der Waals surface area (Å²) in [5.74, 6) is 0.723. The van der Waals surface area contributed by atoms with Crippen molar-refractivity contribution in [1.82, 2.24) is 9.97 Å². The normalized spacial score (nSPS) is 8.54. The van der Waals surface area contributed by atoms with Gasteiger partial charge in [0.2, 0.25) is 0 Å². The van der Waals surface area contributed by atoms with Crippen LogP contribution in [0.1, 0.15) is 53.4 Å². The standard InChI is InChI=1S/C8H7NO.C8H7NS.2C2H6.2CH4/c2*1-6-9-7-4-2-3-5-8(7)10-6;2*1-2;;/h2*2-5H,1H3;2*1-2H3;2*1H4. The molecule has 2 heterocycles. The second kappa shape index (κ2) is 14.0. The van der Waals surface area contributed by atoms with Crippen molar-refractivity contribution in [3.05, 3.63) is 59.4 Å². The summed E-state index contributed by atoms with van der Waals surface area (Å²) in [7, 11) is 0. The minimum atomic E-state index is 0. The van der Waals surface area contributed by atoms with Crippen LogP contribution in [0.5, 0.6) is 0 Å². The van der Waals surface area contributed by atoms with E-state index in [1.54, 1.807) is 11.3 Å². The van der Waals surface area contributed by atoms with Gasteiger partial charge in [-0.1, -0.05) is 66.8 Å². The van der Waals surface area contributed by atoms with E-state index in [0.29, 0.717) is 0 Å². The van der Waals surface area contributed by atoms with E-state index in [1.165, 1.54) is 4.70 Å². The summed E-state index contributed by atoms with van der Waals surface area (Å²) >= 11 is 1.74. The Morgan fingerprint density at radius 3 is 1.85 bits per heavy atom. The predicted octanol–water partition coefficient (Wildman–Crippen LogP) is 8.07. The smallest absolute Gasteiger partial charge is 0.192 e. The number of fused-ring (bicyclic) bond motifs is 2. The SMILES string of the molecule is C.C.CC.CC.Cc1nc2ccccc2o1.Cc1nc2ccccc2s1. The molecule has 0 saturated carbocycles. The Morgan fingerprint density at radius 2 is 1.27 bits per heavy atom. The van der Waals surface area contributed by atoms with Crippen molar-refractivity contribution in [3.63, 3.8) is 0 Å². The number of nitrogens with zero attached hydrogens (tertiary/aromatic N) is 2. The van der Waals surface area contributed by atoms with Gasteiger partial charge in [0.05, 0.1) is 15.2 Å². The van der Waals surface area contributed by atoms with E-state index >= 15 is 0 Å². The first kappa shape index (κ1) is 26.0. The van der Waals surface area contributed by atoms with Crippen molar-refractivity contribution < 1.29 is 4.42 Å². The minimum absolute atomic E-state index is 0. The molecule has 0 bridgehead atoms. The third kappa shape index (κ3) is 7.36. The molecule has 0 atom stereocenters. The van der Waals surface area contributed by atoms with Crippen molar-refractivity contribution in [1.29, 1.82) is 0 Å². The van der Waals surface area contributed by atoms with E-state index in [0.717, 1.165) is 27.5 Å².